The molecule has 1 fully saturated rings. The number of nitrogens with two attached hydrogens (primary N) is 1. The fraction of sp³-hybridized carbons (Fsp3) is 0.500. The molecule has 1 aromatic carbocycles. The number of piperidine rings is 1. The minimum Gasteiger partial charge on any atom is -0.386 e. The lowest BCUT2D eigenvalue weighted by molar-refractivity contribution is -0.136. The molecule has 112 valence electrons. The molecule has 6 heteroatoms. The summed E-state index contributed by atoms with van der Waals surface area (Å²) < 4.78 is 12.8. The molecule has 0 radical (unpaired) electrons. The van der Waals surface area contributed by atoms with Gasteiger partial charge in [-0.05, 0) is 37.0 Å². The van der Waals surface area contributed by atoms with Crippen LogP contribution in [0.5, 0.6) is 0 Å². The molecule has 0 aromatic heterocycles. The highest BCUT2D eigenvalue weighted by Gasteiger charge is 2.28. The molecule has 1 saturated heterocycles. The number of hydrogen-bond acceptors (Lipinski definition) is 3. The number of amides is 1. The Hall–Kier alpha value is -1.17. The summed E-state index contributed by atoms with van der Waals surface area (Å²) in [6.07, 6.45) is 1.98. The Kier molecular flexibility index (Phi) is 6.39. The van der Waals surface area contributed by atoms with Crippen molar-refractivity contribution in [3.8, 4) is 0 Å². The van der Waals surface area contributed by atoms with Crippen molar-refractivity contribution in [3.05, 3.63) is 35.6 Å². The van der Waals surface area contributed by atoms with Gasteiger partial charge in [-0.1, -0.05) is 12.1 Å². The zero-order valence-corrected chi connectivity index (χ0v) is 12.0. The highest BCUT2D eigenvalue weighted by Crippen LogP contribution is 2.19. The lowest BCUT2D eigenvalue weighted by atomic mass is 10.0. The quantitative estimate of drug-likeness (QED) is 0.891. The zero-order chi connectivity index (χ0) is 13.8. The summed E-state index contributed by atoms with van der Waals surface area (Å²) in [5, 5.41) is 10.1. The first kappa shape index (κ1) is 16.9. The molecular formula is C14H20ClFN2O2. The Morgan fingerprint density at radius 3 is 2.30 bits per heavy atom. The predicted molar refractivity (Wildman–Crippen MR) is 77.0 cm³/mol. The maximum absolute atomic E-state index is 12.8. The van der Waals surface area contributed by atoms with Crippen molar-refractivity contribution in [2.45, 2.75) is 31.4 Å². The molecule has 1 aliphatic heterocycles. The van der Waals surface area contributed by atoms with Gasteiger partial charge in [0, 0.05) is 13.1 Å². The van der Waals surface area contributed by atoms with E-state index < -0.39 is 12.1 Å². The van der Waals surface area contributed by atoms with Crippen LogP contribution in [0.4, 0.5) is 4.39 Å². The van der Waals surface area contributed by atoms with E-state index in [9.17, 15) is 14.3 Å². The van der Waals surface area contributed by atoms with E-state index in [0.717, 1.165) is 19.3 Å². The van der Waals surface area contributed by atoms with Gasteiger partial charge in [-0.2, -0.15) is 0 Å². The molecule has 0 aliphatic carbocycles. The van der Waals surface area contributed by atoms with Crippen LogP contribution in [0.15, 0.2) is 24.3 Å². The van der Waals surface area contributed by atoms with E-state index in [2.05, 4.69) is 0 Å². The van der Waals surface area contributed by atoms with Gasteiger partial charge in [0.25, 0.3) is 0 Å². The van der Waals surface area contributed by atoms with Crippen LogP contribution in [0, 0.1) is 5.82 Å². The SMILES string of the molecule is Cl.N[C@@H](C(=O)N1CCCCC1)[C@@H](O)c1ccc(F)cc1. The average Bonchev–Trinajstić information content (AvgIpc) is 2.46. The first-order chi connectivity index (χ1) is 9.09. The molecule has 1 heterocycles. The lowest BCUT2D eigenvalue weighted by Gasteiger charge is -2.30. The van der Waals surface area contributed by atoms with E-state index in [0.29, 0.717) is 18.7 Å². The summed E-state index contributed by atoms with van der Waals surface area (Å²) in [4.78, 5) is 13.8. The molecule has 2 atom stereocenters. The smallest absolute Gasteiger partial charge is 0.242 e. The number of hydrogen-bond donors (Lipinski definition) is 2. The normalized spacial score (nSPS) is 18.1. The van der Waals surface area contributed by atoms with E-state index >= 15 is 0 Å². The predicted octanol–water partition coefficient (Wildman–Crippen LogP) is 1.62. The van der Waals surface area contributed by atoms with Crippen molar-refractivity contribution in [1.82, 2.24) is 4.90 Å². The van der Waals surface area contributed by atoms with Gasteiger partial charge >= 0.3 is 0 Å². The highest BCUT2D eigenvalue weighted by atomic mass is 35.5. The fourth-order valence-electron chi connectivity index (χ4n) is 2.33. The average molecular weight is 303 g/mol. The Labute approximate surface area is 124 Å². The van der Waals surface area contributed by atoms with Gasteiger partial charge in [0.15, 0.2) is 0 Å². The summed E-state index contributed by atoms with van der Waals surface area (Å²) in [6, 6.07) is 4.39. The summed E-state index contributed by atoms with van der Waals surface area (Å²) in [7, 11) is 0. The molecule has 3 N–H and O–H groups in total. The van der Waals surface area contributed by atoms with Gasteiger partial charge in [0.2, 0.25) is 5.91 Å². The van der Waals surface area contributed by atoms with Crippen LogP contribution in [0.2, 0.25) is 0 Å². The second-order valence-corrected chi connectivity index (χ2v) is 4.91. The number of aliphatic hydroxyl groups excluding tert-OH is 1. The molecular weight excluding hydrogens is 283 g/mol. The minimum absolute atomic E-state index is 0. The minimum atomic E-state index is -1.10. The maximum Gasteiger partial charge on any atom is 0.242 e. The van der Waals surface area contributed by atoms with Crippen LogP contribution >= 0.6 is 12.4 Å². The van der Waals surface area contributed by atoms with E-state index in [1.165, 1.54) is 24.3 Å². The van der Waals surface area contributed by atoms with Gasteiger partial charge < -0.3 is 15.7 Å². The highest BCUT2D eigenvalue weighted by molar-refractivity contribution is 5.85. The Morgan fingerprint density at radius 1 is 1.20 bits per heavy atom. The summed E-state index contributed by atoms with van der Waals surface area (Å²) in [5.41, 5.74) is 6.28. The molecule has 0 saturated carbocycles. The molecule has 0 spiro atoms. The number of likely N-dealkylation sites (tertiary alicyclic amines) is 1. The zero-order valence-electron chi connectivity index (χ0n) is 11.2. The van der Waals surface area contributed by atoms with E-state index in [1.807, 2.05) is 0 Å². The molecule has 1 aliphatic rings. The molecule has 0 bridgehead atoms. The Morgan fingerprint density at radius 2 is 1.75 bits per heavy atom. The third kappa shape index (κ3) is 3.91. The number of carbonyl (C=O) groups is 1. The second kappa shape index (κ2) is 7.57. The standard InChI is InChI=1S/C14H19FN2O2.ClH/c15-11-6-4-10(5-7-11)13(18)12(16)14(19)17-8-2-1-3-9-17;/h4-7,12-13,18H,1-3,8-9,16H2;1H/t12-,13+;/m1./s1. The number of halogens is 2. The maximum atomic E-state index is 12.8. The summed E-state index contributed by atoms with van der Waals surface area (Å²) in [6.45, 7) is 1.39. The Balaban J connectivity index is 0.00000200. The van der Waals surface area contributed by atoms with Crippen molar-refractivity contribution in [2.24, 2.45) is 5.73 Å². The molecule has 1 aromatic rings. The topological polar surface area (TPSA) is 66.6 Å². The summed E-state index contributed by atoms with van der Waals surface area (Å²) in [5.74, 6) is -0.622. The van der Waals surface area contributed by atoms with E-state index in [1.54, 1.807) is 4.90 Å². The number of nitrogens with zero attached hydrogens (tertiary/aromatic N) is 1. The van der Waals surface area contributed by atoms with E-state index in [4.69, 9.17) is 5.73 Å². The van der Waals surface area contributed by atoms with Crippen molar-refractivity contribution in [1.29, 1.82) is 0 Å². The van der Waals surface area contributed by atoms with Crippen LogP contribution in [-0.4, -0.2) is 35.0 Å². The lowest BCUT2D eigenvalue weighted by Crippen LogP contribution is -2.48. The van der Waals surface area contributed by atoms with Crippen molar-refractivity contribution in [3.63, 3.8) is 0 Å². The molecule has 2 rings (SSSR count). The van der Waals surface area contributed by atoms with Crippen LogP contribution in [-0.2, 0) is 4.79 Å². The number of rotatable bonds is 3. The van der Waals surface area contributed by atoms with Gasteiger partial charge in [0.05, 0.1) is 0 Å². The molecule has 0 unspecified atom stereocenters. The van der Waals surface area contributed by atoms with Crippen LogP contribution in [0.25, 0.3) is 0 Å². The van der Waals surface area contributed by atoms with Gasteiger partial charge in [-0.15, -0.1) is 12.4 Å². The van der Waals surface area contributed by atoms with Crippen LogP contribution in [0.1, 0.15) is 30.9 Å². The first-order valence-electron chi connectivity index (χ1n) is 6.57. The van der Waals surface area contributed by atoms with Crippen molar-refractivity contribution < 1.29 is 14.3 Å². The second-order valence-electron chi connectivity index (χ2n) is 4.91. The van der Waals surface area contributed by atoms with E-state index in [-0.39, 0.29) is 24.1 Å². The van der Waals surface area contributed by atoms with Gasteiger partial charge in [0.1, 0.15) is 18.0 Å². The monoisotopic (exact) mass is 302 g/mol. The van der Waals surface area contributed by atoms with Gasteiger partial charge in [-0.3, -0.25) is 4.79 Å². The van der Waals surface area contributed by atoms with Crippen LogP contribution < -0.4 is 5.73 Å². The number of carbonyl (C=O) groups excluding carboxylic acids is 1. The molecule has 1 amide bonds. The van der Waals surface area contributed by atoms with Crippen molar-refractivity contribution >= 4 is 18.3 Å². The van der Waals surface area contributed by atoms with Crippen LogP contribution in [0.3, 0.4) is 0 Å². The summed E-state index contributed by atoms with van der Waals surface area (Å²) >= 11 is 0. The first-order valence-corrected chi connectivity index (χ1v) is 6.57. The molecule has 4 nitrogen and oxygen atoms in total. The third-order valence-corrected chi connectivity index (χ3v) is 3.50. The number of benzene rings is 1. The molecule has 20 heavy (non-hydrogen) atoms. The third-order valence-electron chi connectivity index (χ3n) is 3.50. The van der Waals surface area contributed by atoms with Crippen molar-refractivity contribution in [2.75, 3.05) is 13.1 Å². The fourth-order valence-corrected chi connectivity index (χ4v) is 2.33. The number of aliphatic hydroxyl groups is 1. The van der Waals surface area contributed by atoms with Gasteiger partial charge in [-0.25, -0.2) is 4.39 Å². The largest absolute Gasteiger partial charge is 0.386 e. The Bertz CT molecular complexity index is 435.